The third-order valence-corrected chi connectivity index (χ3v) is 5.39. The predicted molar refractivity (Wildman–Crippen MR) is 131 cm³/mol. The van der Waals surface area contributed by atoms with Crippen molar-refractivity contribution in [3.8, 4) is 6.07 Å². The second-order valence-electron chi connectivity index (χ2n) is 9.23. The lowest BCUT2D eigenvalue weighted by Gasteiger charge is -2.17. The van der Waals surface area contributed by atoms with Crippen molar-refractivity contribution in [2.45, 2.75) is 79.1 Å². The van der Waals surface area contributed by atoms with Crippen LogP contribution in [0.15, 0.2) is 24.3 Å². The van der Waals surface area contributed by atoms with Crippen LogP contribution in [0.25, 0.3) is 0 Å². The molecule has 5 heteroatoms. The number of nitrogens with zero attached hydrogens (tertiary/aromatic N) is 1. The molecule has 0 atom stereocenters. The number of nitrogens with two attached hydrogens (primary N) is 3. The van der Waals surface area contributed by atoms with E-state index in [4.69, 9.17) is 22.5 Å². The van der Waals surface area contributed by atoms with Crippen molar-refractivity contribution >= 4 is 17.3 Å². The van der Waals surface area contributed by atoms with E-state index in [9.17, 15) is 4.79 Å². The number of benzene rings is 2. The smallest absolute Gasteiger partial charge is 0.248 e. The average Bonchev–Trinajstić information content (AvgIpc) is 2.67. The Hall–Kier alpha value is -3.00. The molecule has 0 bridgehead atoms. The van der Waals surface area contributed by atoms with Gasteiger partial charge in [-0.2, -0.15) is 5.26 Å². The van der Waals surface area contributed by atoms with E-state index in [2.05, 4.69) is 61.5 Å². The van der Waals surface area contributed by atoms with Crippen LogP contribution < -0.4 is 17.2 Å². The van der Waals surface area contributed by atoms with Crippen LogP contribution in [0.4, 0.5) is 11.4 Å². The zero-order valence-corrected chi connectivity index (χ0v) is 20.2. The van der Waals surface area contributed by atoms with Gasteiger partial charge in [0.1, 0.15) is 0 Å². The Labute approximate surface area is 187 Å². The molecule has 2 aromatic rings. The molecule has 0 heterocycles. The van der Waals surface area contributed by atoms with Gasteiger partial charge in [0, 0.05) is 16.9 Å². The van der Waals surface area contributed by atoms with Gasteiger partial charge in [-0.05, 0) is 70.2 Å². The summed E-state index contributed by atoms with van der Waals surface area (Å²) in [5.41, 5.74) is 24.6. The zero-order chi connectivity index (χ0) is 24.0. The number of hydrogen-bond donors (Lipinski definition) is 3. The van der Waals surface area contributed by atoms with Gasteiger partial charge in [0.25, 0.3) is 0 Å². The largest absolute Gasteiger partial charge is 0.398 e. The van der Waals surface area contributed by atoms with Gasteiger partial charge in [0.2, 0.25) is 5.91 Å². The minimum Gasteiger partial charge on any atom is -0.398 e. The van der Waals surface area contributed by atoms with Gasteiger partial charge in [-0.15, -0.1) is 0 Å². The SMILES string of the molecule is CC(C)c1cc(C#N)cc(C(C)C)c1N.CC(C)c1cc(C(N)=O)cc(C(C)C)c1N. The summed E-state index contributed by atoms with van der Waals surface area (Å²) in [6.45, 7) is 16.6. The van der Waals surface area contributed by atoms with Crippen LogP contribution in [0.2, 0.25) is 0 Å². The number of amides is 1. The summed E-state index contributed by atoms with van der Waals surface area (Å²) in [6, 6.07) is 9.58. The quantitative estimate of drug-likeness (QED) is 0.512. The van der Waals surface area contributed by atoms with E-state index in [-0.39, 0.29) is 11.8 Å². The molecule has 0 fully saturated rings. The maximum absolute atomic E-state index is 11.2. The van der Waals surface area contributed by atoms with E-state index in [1.807, 2.05) is 12.1 Å². The molecule has 0 saturated heterocycles. The third kappa shape index (κ3) is 6.49. The van der Waals surface area contributed by atoms with Crippen LogP contribution in [-0.4, -0.2) is 5.91 Å². The molecule has 31 heavy (non-hydrogen) atoms. The van der Waals surface area contributed by atoms with Gasteiger partial charge < -0.3 is 17.2 Å². The van der Waals surface area contributed by atoms with Crippen molar-refractivity contribution in [2.24, 2.45) is 5.73 Å². The summed E-state index contributed by atoms with van der Waals surface area (Å²) < 4.78 is 0. The van der Waals surface area contributed by atoms with Crippen LogP contribution in [0, 0.1) is 11.3 Å². The molecule has 0 radical (unpaired) electrons. The van der Waals surface area contributed by atoms with E-state index >= 15 is 0 Å². The maximum Gasteiger partial charge on any atom is 0.248 e. The summed E-state index contributed by atoms with van der Waals surface area (Å²) in [5.74, 6) is 0.893. The zero-order valence-electron chi connectivity index (χ0n) is 20.2. The molecular weight excluding hydrogens is 384 g/mol. The van der Waals surface area contributed by atoms with Gasteiger partial charge in [0.05, 0.1) is 11.6 Å². The lowest BCUT2D eigenvalue weighted by molar-refractivity contribution is 0.1000. The lowest BCUT2D eigenvalue weighted by Crippen LogP contribution is -2.14. The van der Waals surface area contributed by atoms with Gasteiger partial charge in [0.15, 0.2) is 0 Å². The van der Waals surface area contributed by atoms with Crippen molar-refractivity contribution in [1.82, 2.24) is 0 Å². The van der Waals surface area contributed by atoms with Gasteiger partial charge >= 0.3 is 0 Å². The van der Waals surface area contributed by atoms with Gasteiger partial charge in [-0.25, -0.2) is 0 Å². The van der Waals surface area contributed by atoms with E-state index in [0.717, 1.165) is 33.6 Å². The topological polar surface area (TPSA) is 119 Å². The molecule has 2 rings (SSSR count). The highest BCUT2D eigenvalue weighted by atomic mass is 16.1. The molecule has 0 unspecified atom stereocenters. The highest BCUT2D eigenvalue weighted by Crippen LogP contribution is 2.32. The van der Waals surface area contributed by atoms with Crippen molar-refractivity contribution in [3.05, 3.63) is 57.6 Å². The lowest BCUT2D eigenvalue weighted by atomic mass is 9.90. The van der Waals surface area contributed by atoms with Crippen molar-refractivity contribution in [3.63, 3.8) is 0 Å². The van der Waals surface area contributed by atoms with E-state index in [1.165, 1.54) is 0 Å². The van der Waals surface area contributed by atoms with Crippen LogP contribution in [-0.2, 0) is 0 Å². The molecular formula is C26H38N4O. The van der Waals surface area contributed by atoms with Crippen LogP contribution >= 0.6 is 0 Å². The molecule has 0 spiro atoms. The Balaban J connectivity index is 0.000000311. The minimum absolute atomic E-state index is 0.289. The van der Waals surface area contributed by atoms with Crippen molar-refractivity contribution < 1.29 is 4.79 Å². The number of carbonyl (C=O) groups excluding carboxylic acids is 1. The maximum atomic E-state index is 11.2. The highest BCUT2D eigenvalue weighted by Gasteiger charge is 2.15. The normalized spacial score (nSPS) is 10.9. The second-order valence-corrected chi connectivity index (χ2v) is 9.23. The summed E-state index contributed by atoms with van der Waals surface area (Å²) in [5, 5.41) is 8.95. The Morgan fingerprint density at radius 2 is 1.00 bits per heavy atom. The van der Waals surface area contributed by atoms with E-state index < -0.39 is 5.91 Å². The number of nitriles is 1. The van der Waals surface area contributed by atoms with Gasteiger partial charge in [-0.1, -0.05) is 55.4 Å². The monoisotopic (exact) mass is 422 g/mol. The van der Waals surface area contributed by atoms with E-state index in [0.29, 0.717) is 23.0 Å². The Kier molecular flexibility index (Phi) is 9.12. The predicted octanol–water partition coefficient (Wildman–Crippen LogP) is 6.00. The number of anilines is 2. The Bertz CT molecular complexity index is 908. The molecule has 168 valence electrons. The highest BCUT2D eigenvalue weighted by molar-refractivity contribution is 5.94. The number of hydrogen-bond acceptors (Lipinski definition) is 4. The number of carbonyl (C=O) groups is 1. The van der Waals surface area contributed by atoms with Crippen LogP contribution in [0.1, 0.15) is 117 Å². The fourth-order valence-electron chi connectivity index (χ4n) is 3.52. The summed E-state index contributed by atoms with van der Waals surface area (Å²) in [4.78, 5) is 11.2. The molecule has 0 aliphatic heterocycles. The van der Waals surface area contributed by atoms with E-state index in [1.54, 1.807) is 12.1 Å². The molecule has 6 N–H and O–H groups in total. The fraction of sp³-hybridized carbons (Fsp3) is 0.462. The fourth-order valence-corrected chi connectivity index (χ4v) is 3.52. The average molecular weight is 423 g/mol. The number of nitrogen functional groups attached to an aromatic ring is 2. The molecule has 2 aromatic carbocycles. The summed E-state index contributed by atoms with van der Waals surface area (Å²) >= 11 is 0. The number of rotatable bonds is 5. The van der Waals surface area contributed by atoms with Crippen LogP contribution in [0.3, 0.4) is 0 Å². The molecule has 0 aliphatic rings. The molecule has 5 nitrogen and oxygen atoms in total. The first-order valence-electron chi connectivity index (χ1n) is 10.9. The third-order valence-electron chi connectivity index (χ3n) is 5.39. The van der Waals surface area contributed by atoms with Gasteiger partial charge in [-0.3, -0.25) is 4.79 Å². The molecule has 0 aromatic heterocycles. The molecule has 0 saturated carbocycles. The minimum atomic E-state index is -0.399. The number of primary amides is 1. The molecule has 0 aliphatic carbocycles. The Morgan fingerprint density at radius 3 is 1.23 bits per heavy atom. The second kappa shape index (κ2) is 10.9. The first-order chi connectivity index (χ1) is 14.3. The first-order valence-corrected chi connectivity index (χ1v) is 10.9. The molecule has 1 amide bonds. The van der Waals surface area contributed by atoms with Crippen molar-refractivity contribution in [2.75, 3.05) is 11.5 Å². The Morgan fingerprint density at radius 1 is 0.710 bits per heavy atom. The standard InChI is InChI=1S/C13H20N2O.C13H18N2/c1-7(2)10-5-9(13(15)16)6-11(8(3)4)12(10)14;1-8(2)11-5-10(7-14)6-12(9(3)4)13(11)15/h5-8H,14H2,1-4H3,(H2,15,16);5-6,8-9H,15H2,1-4H3. The summed E-state index contributed by atoms with van der Waals surface area (Å²) in [7, 11) is 0. The first kappa shape index (κ1) is 26.0. The van der Waals surface area contributed by atoms with Crippen LogP contribution in [0.5, 0.6) is 0 Å². The summed E-state index contributed by atoms with van der Waals surface area (Å²) in [6.07, 6.45) is 0. The van der Waals surface area contributed by atoms with Crippen molar-refractivity contribution in [1.29, 1.82) is 5.26 Å².